The van der Waals surface area contributed by atoms with Crippen molar-refractivity contribution in [1.82, 2.24) is 10.2 Å². The first-order chi connectivity index (χ1) is 15.3. The quantitative estimate of drug-likeness (QED) is 0.470. The van der Waals surface area contributed by atoms with Gasteiger partial charge in [-0.1, -0.05) is 19.9 Å². The van der Waals surface area contributed by atoms with Crippen LogP contribution < -0.4 is 10.8 Å². The number of hydrogen-bond acceptors (Lipinski definition) is 7. The molecular weight excluding hydrogens is 411 g/mol. The van der Waals surface area contributed by atoms with Gasteiger partial charge in [-0.15, -0.1) is 0 Å². The number of benzene rings is 1. The topological polar surface area (TPSA) is 97.3 Å². The average Bonchev–Trinajstić information content (AvgIpc) is 3.12. The number of piperidine rings is 1. The van der Waals surface area contributed by atoms with Crippen LogP contribution in [0.3, 0.4) is 0 Å². The summed E-state index contributed by atoms with van der Waals surface area (Å²) in [4.78, 5) is 28.0. The molecule has 9 heteroatoms. The van der Waals surface area contributed by atoms with Crippen LogP contribution in [0.5, 0.6) is 0 Å². The molecule has 174 valence electrons. The zero-order valence-corrected chi connectivity index (χ0v) is 19.2. The molecular formula is C23H33BN2O6. The van der Waals surface area contributed by atoms with Gasteiger partial charge >= 0.3 is 13.1 Å². The lowest BCUT2D eigenvalue weighted by atomic mass is 9.75. The van der Waals surface area contributed by atoms with Crippen molar-refractivity contribution in [3.05, 3.63) is 28.8 Å². The van der Waals surface area contributed by atoms with Gasteiger partial charge in [0.15, 0.2) is 0 Å². The highest BCUT2D eigenvalue weighted by Crippen LogP contribution is 2.38. The Hall–Kier alpha value is -1.94. The maximum atomic E-state index is 12.9. The van der Waals surface area contributed by atoms with Crippen molar-refractivity contribution in [1.29, 1.82) is 0 Å². The summed E-state index contributed by atoms with van der Waals surface area (Å²) in [5, 5.41) is 12.9. The van der Waals surface area contributed by atoms with Gasteiger partial charge in [-0.05, 0) is 61.4 Å². The van der Waals surface area contributed by atoms with Gasteiger partial charge in [-0.25, -0.2) is 4.79 Å². The first-order valence-corrected chi connectivity index (χ1v) is 11.5. The van der Waals surface area contributed by atoms with Crippen LogP contribution in [0.2, 0.25) is 0 Å². The number of carbonyl (C=O) groups excluding carboxylic acids is 2. The molecule has 8 nitrogen and oxygen atoms in total. The van der Waals surface area contributed by atoms with E-state index in [-0.39, 0.29) is 11.8 Å². The largest absolute Gasteiger partial charge is 0.492 e. The molecule has 1 aromatic rings. The molecule has 2 saturated heterocycles. The van der Waals surface area contributed by atoms with Gasteiger partial charge in [0.2, 0.25) is 0 Å². The van der Waals surface area contributed by atoms with Gasteiger partial charge < -0.3 is 24.5 Å². The smallest absolute Gasteiger partial charge is 0.463 e. The number of nitrogens with zero attached hydrogens (tertiary/aromatic N) is 1. The molecule has 0 radical (unpaired) electrons. The average molecular weight is 444 g/mol. The molecule has 0 unspecified atom stereocenters. The zero-order valence-electron chi connectivity index (χ0n) is 19.2. The fourth-order valence-electron chi connectivity index (χ4n) is 4.76. The lowest BCUT2D eigenvalue weighted by molar-refractivity contribution is -0.150. The van der Waals surface area contributed by atoms with Crippen LogP contribution in [0.15, 0.2) is 12.1 Å². The van der Waals surface area contributed by atoms with Crippen molar-refractivity contribution >= 4 is 24.5 Å². The van der Waals surface area contributed by atoms with Crippen molar-refractivity contribution in [3.8, 4) is 0 Å². The number of esters is 1. The van der Waals surface area contributed by atoms with Gasteiger partial charge in [-0.2, -0.15) is 0 Å². The minimum atomic E-state index is -1.02. The summed E-state index contributed by atoms with van der Waals surface area (Å²) in [6, 6.07) is 2.76. The molecule has 32 heavy (non-hydrogen) atoms. The van der Waals surface area contributed by atoms with E-state index >= 15 is 0 Å². The molecule has 1 atom stereocenters. The van der Waals surface area contributed by atoms with E-state index in [9.17, 15) is 14.6 Å². The Morgan fingerprint density at radius 1 is 1.28 bits per heavy atom. The molecule has 1 spiro atoms. The zero-order chi connectivity index (χ0) is 22.9. The summed E-state index contributed by atoms with van der Waals surface area (Å²) in [7, 11) is -1.02. The number of amides is 1. The first kappa shape index (κ1) is 23.2. The molecule has 0 aliphatic carbocycles. The van der Waals surface area contributed by atoms with Crippen LogP contribution in [0.1, 0.15) is 48.2 Å². The number of nitrogens with one attached hydrogen (secondary N) is 1. The molecule has 2 fully saturated rings. The second-order valence-corrected chi connectivity index (χ2v) is 9.67. The van der Waals surface area contributed by atoms with Crippen molar-refractivity contribution in [2.45, 2.75) is 46.3 Å². The summed E-state index contributed by atoms with van der Waals surface area (Å²) in [5.41, 5.74) is 2.99. The third-order valence-corrected chi connectivity index (χ3v) is 7.09. The van der Waals surface area contributed by atoms with Gasteiger partial charge in [0.1, 0.15) is 12.6 Å². The molecule has 0 bridgehead atoms. The van der Waals surface area contributed by atoms with Crippen molar-refractivity contribution in [2.75, 3.05) is 39.5 Å². The summed E-state index contributed by atoms with van der Waals surface area (Å²) in [5.74, 6) is -0.899. The number of fused-ring (bicyclic) bond motifs is 1. The number of likely N-dealkylation sites (tertiary alicyclic amines) is 1. The summed E-state index contributed by atoms with van der Waals surface area (Å²) in [6.07, 6.45) is 2.26. The Kier molecular flexibility index (Phi) is 6.90. The molecule has 2 N–H and O–H groups in total. The molecule has 1 amide bonds. The van der Waals surface area contributed by atoms with Crippen molar-refractivity contribution < 1.29 is 28.7 Å². The summed E-state index contributed by atoms with van der Waals surface area (Å²) in [6.45, 7) is 10.6. The molecule has 3 aliphatic rings. The Balaban J connectivity index is 1.30. The highest BCUT2D eigenvalue weighted by molar-refractivity contribution is 6.62. The number of rotatable bonds is 7. The SMILES string of the molecule is Cc1c(C(=O)N[C@H](C(=O)OCCN2CCC3(CC2)COC3)C(C)C)ccc2c1B(O)OC2. The third-order valence-electron chi connectivity index (χ3n) is 7.09. The predicted molar refractivity (Wildman–Crippen MR) is 120 cm³/mol. The molecule has 4 rings (SSSR count). The van der Waals surface area contributed by atoms with E-state index in [0.29, 0.717) is 41.8 Å². The fraction of sp³-hybridized carbons (Fsp3) is 0.652. The number of hydrogen-bond donors (Lipinski definition) is 2. The predicted octanol–water partition coefficient (Wildman–Crippen LogP) is 0.623. The number of ether oxygens (including phenoxy) is 2. The van der Waals surface area contributed by atoms with E-state index in [1.54, 1.807) is 19.1 Å². The highest BCUT2D eigenvalue weighted by atomic mass is 16.5. The maximum absolute atomic E-state index is 12.9. The Morgan fingerprint density at radius 3 is 2.62 bits per heavy atom. The standard InChI is InChI=1S/C23H33BN2O6/c1-15(2)20(22(28)31-11-10-26-8-6-23(7-9-26)13-30-14-23)25-21(27)18-5-4-17-12-32-24(29)19(17)16(18)3/h4-5,15,20,29H,6-14H2,1-3H3,(H,25,27)/t20-/m0/s1. The molecule has 0 aromatic heterocycles. The molecule has 3 aliphatic heterocycles. The van der Waals surface area contributed by atoms with Gasteiger partial charge in [-0.3, -0.25) is 9.69 Å². The van der Waals surface area contributed by atoms with Crippen LogP contribution in [-0.2, 0) is 25.5 Å². The summed E-state index contributed by atoms with van der Waals surface area (Å²) >= 11 is 0. The summed E-state index contributed by atoms with van der Waals surface area (Å²) < 4.78 is 16.2. The highest BCUT2D eigenvalue weighted by Gasteiger charge is 2.41. The van der Waals surface area contributed by atoms with E-state index in [1.165, 1.54) is 0 Å². The second kappa shape index (κ2) is 9.51. The molecule has 0 saturated carbocycles. The van der Waals surface area contributed by atoms with Crippen molar-refractivity contribution in [2.24, 2.45) is 11.3 Å². The second-order valence-electron chi connectivity index (χ2n) is 9.67. The third kappa shape index (κ3) is 4.71. The molecule has 1 aromatic carbocycles. The number of carbonyl (C=O) groups is 2. The van der Waals surface area contributed by atoms with Crippen LogP contribution in [0, 0.1) is 18.3 Å². The lowest BCUT2D eigenvalue weighted by Gasteiger charge is -2.47. The van der Waals surface area contributed by atoms with Gasteiger partial charge in [0.25, 0.3) is 5.91 Å². The Labute approximate surface area is 189 Å². The minimum absolute atomic E-state index is 0.122. The van der Waals surface area contributed by atoms with Crippen molar-refractivity contribution in [3.63, 3.8) is 0 Å². The Morgan fingerprint density at radius 2 is 2.00 bits per heavy atom. The monoisotopic (exact) mass is 444 g/mol. The van der Waals surface area contributed by atoms with Crippen LogP contribution >= 0.6 is 0 Å². The van der Waals surface area contributed by atoms with E-state index in [4.69, 9.17) is 14.1 Å². The maximum Gasteiger partial charge on any atom is 0.492 e. The van der Waals surface area contributed by atoms with Gasteiger partial charge in [0.05, 0.1) is 19.8 Å². The molecule has 3 heterocycles. The van der Waals surface area contributed by atoms with Crippen LogP contribution in [-0.4, -0.2) is 74.4 Å². The van der Waals surface area contributed by atoms with Gasteiger partial charge in [0, 0.05) is 17.5 Å². The van der Waals surface area contributed by atoms with E-state index in [1.807, 2.05) is 13.8 Å². The lowest BCUT2D eigenvalue weighted by Crippen LogP contribution is -2.51. The van der Waals surface area contributed by atoms with E-state index in [0.717, 1.165) is 44.7 Å². The van der Waals surface area contributed by atoms with E-state index in [2.05, 4.69) is 10.2 Å². The first-order valence-electron chi connectivity index (χ1n) is 11.5. The van der Waals surface area contributed by atoms with E-state index < -0.39 is 19.1 Å². The normalized spacial score (nSPS) is 20.7. The van der Waals surface area contributed by atoms with Crippen LogP contribution in [0.25, 0.3) is 0 Å². The Bertz CT molecular complexity index is 862. The minimum Gasteiger partial charge on any atom is -0.463 e. The van der Waals surface area contributed by atoms with Crippen LogP contribution in [0.4, 0.5) is 0 Å². The fourth-order valence-corrected chi connectivity index (χ4v) is 4.76.